The minimum atomic E-state index is -0.547. The molecule has 0 bridgehead atoms. The Hall–Kier alpha value is -3.43. The molecule has 0 aliphatic carbocycles. The maximum atomic E-state index is 4.95. The Labute approximate surface area is 200 Å². The second kappa shape index (κ2) is 9.21. The third-order valence-corrected chi connectivity index (χ3v) is 7.77. The van der Waals surface area contributed by atoms with Crippen molar-refractivity contribution in [2.45, 2.75) is 32.2 Å². The molecule has 0 atom stereocenters. The molecule has 0 spiro atoms. The van der Waals surface area contributed by atoms with Crippen LogP contribution in [0.5, 0.6) is 0 Å². The van der Waals surface area contributed by atoms with E-state index in [1.165, 1.54) is 32.0 Å². The van der Waals surface area contributed by atoms with Crippen LogP contribution in [-0.2, 0) is 18.4 Å². The van der Waals surface area contributed by atoms with Crippen LogP contribution in [0.4, 0.5) is 0 Å². The van der Waals surface area contributed by atoms with E-state index in [1.54, 1.807) is 0 Å². The summed E-state index contributed by atoms with van der Waals surface area (Å²) in [4.78, 5) is 7.75. The molecule has 2 nitrogen and oxygen atoms in total. The van der Waals surface area contributed by atoms with Gasteiger partial charge in [0.1, 0.15) is 11.4 Å². The summed E-state index contributed by atoms with van der Waals surface area (Å²) in [5, 5.41) is 0. The number of hydrogen-bond donors (Lipinski definition) is 0. The number of thiophene rings is 1. The predicted molar refractivity (Wildman–Crippen MR) is 139 cm³/mol. The summed E-state index contributed by atoms with van der Waals surface area (Å²) in [6, 6.07) is 34.8. The second-order valence-corrected chi connectivity index (χ2v) is 9.41. The highest BCUT2D eigenvalue weighted by molar-refractivity contribution is 7.12. The van der Waals surface area contributed by atoms with Crippen LogP contribution in [0.3, 0.4) is 0 Å². The molecule has 3 aromatic carbocycles. The molecule has 0 aliphatic rings. The number of aromatic nitrogens is 2. The Morgan fingerprint density at radius 3 is 1.70 bits per heavy atom. The van der Waals surface area contributed by atoms with Crippen molar-refractivity contribution in [2.24, 2.45) is 0 Å². The summed E-state index contributed by atoms with van der Waals surface area (Å²) in [6.07, 6.45) is 6.13. The summed E-state index contributed by atoms with van der Waals surface area (Å²) < 4.78 is 2.38. The molecule has 0 radical (unpaired) electrons. The third kappa shape index (κ3) is 3.63. The molecule has 0 unspecified atom stereocenters. The van der Waals surface area contributed by atoms with Crippen LogP contribution in [0.1, 0.15) is 40.3 Å². The van der Waals surface area contributed by atoms with Gasteiger partial charge in [0.2, 0.25) is 0 Å². The molecule has 0 fully saturated rings. The van der Waals surface area contributed by atoms with E-state index in [4.69, 9.17) is 4.98 Å². The Balaban J connectivity index is 1.89. The van der Waals surface area contributed by atoms with Gasteiger partial charge in [0.25, 0.3) is 0 Å². The van der Waals surface area contributed by atoms with Gasteiger partial charge in [0.05, 0.1) is 0 Å². The molecular formula is C30H28N2S. The van der Waals surface area contributed by atoms with Gasteiger partial charge in [-0.2, -0.15) is 0 Å². The van der Waals surface area contributed by atoms with Crippen LogP contribution >= 0.6 is 11.3 Å². The fourth-order valence-corrected chi connectivity index (χ4v) is 5.88. The summed E-state index contributed by atoms with van der Waals surface area (Å²) in [6.45, 7) is 4.46. The highest BCUT2D eigenvalue weighted by Gasteiger charge is 2.40. The first kappa shape index (κ1) is 21.4. The van der Waals surface area contributed by atoms with Gasteiger partial charge in [-0.05, 0) is 35.6 Å². The topological polar surface area (TPSA) is 17.8 Å². The summed E-state index contributed by atoms with van der Waals surface area (Å²) >= 11 is 1.91. The summed E-state index contributed by atoms with van der Waals surface area (Å²) in [5.41, 5.74) is 4.34. The molecule has 5 aromatic rings. The molecule has 5 rings (SSSR count). The molecule has 2 aromatic heterocycles. The van der Waals surface area contributed by atoms with Crippen LogP contribution in [0.15, 0.2) is 109 Å². The number of benzene rings is 3. The maximum absolute atomic E-state index is 4.95. The minimum absolute atomic E-state index is 0.547. The monoisotopic (exact) mass is 448 g/mol. The third-order valence-electron chi connectivity index (χ3n) is 6.35. The fraction of sp³-hybridized carbons (Fsp3) is 0.167. The Morgan fingerprint density at radius 1 is 0.727 bits per heavy atom. The lowest BCUT2D eigenvalue weighted by Gasteiger charge is -2.38. The van der Waals surface area contributed by atoms with Gasteiger partial charge in [-0.1, -0.05) is 105 Å². The molecule has 0 N–H and O–H groups in total. The van der Waals surface area contributed by atoms with E-state index in [0.717, 1.165) is 18.7 Å². The Bertz CT molecular complexity index is 1220. The van der Waals surface area contributed by atoms with E-state index >= 15 is 0 Å². The SMILES string of the molecule is CCc1cc(-c2nccn2C(c2ccccc2)(c2ccccc2)c2ccccc2)c(CC)s1. The Kier molecular flexibility index (Phi) is 5.97. The lowest BCUT2D eigenvalue weighted by atomic mass is 9.76. The predicted octanol–water partition coefficient (Wildman–Crippen LogP) is 7.58. The standard InChI is InChI=1S/C30H28N2S/c1-3-26-22-27(28(4-2)33-26)29-31-20-21-32(29)30(23-14-8-5-9-15-23,24-16-10-6-11-17-24)25-18-12-7-13-19-25/h5-22H,3-4H2,1-2H3. The molecule has 0 saturated carbocycles. The van der Waals surface area contributed by atoms with E-state index in [9.17, 15) is 0 Å². The number of aryl methyl sites for hydroxylation is 2. The average molecular weight is 449 g/mol. The molecule has 164 valence electrons. The number of imidazole rings is 1. The lowest BCUT2D eigenvalue weighted by Crippen LogP contribution is -2.37. The van der Waals surface area contributed by atoms with Crippen LogP contribution in [0, 0.1) is 0 Å². The first-order chi connectivity index (χ1) is 16.3. The van der Waals surface area contributed by atoms with E-state index in [-0.39, 0.29) is 0 Å². The van der Waals surface area contributed by atoms with E-state index in [2.05, 4.69) is 122 Å². The van der Waals surface area contributed by atoms with Crippen molar-refractivity contribution in [1.82, 2.24) is 9.55 Å². The fourth-order valence-electron chi connectivity index (χ4n) is 4.84. The van der Waals surface area contributed by atoms with Crippen molar-refractivity contribution in [3.05, 3.63) is 136 Å². The minimum Gasteiger partial charge on any atom is -0.312 e. The maximum Gasteiger partial charge on any atom is 0.142 e. The van der Waals surface area contributed by atoms with Crippen molar-refractivity contribution < 1.29 is 0 Å². The van der Waals surface area contributed by atoms with Crippen molar-refractivity contribution in [3.8, 4) is 11.4 Å². The number of nitrogens with zero attached hydrogens (tertiary/aromatic N) is 2. The van der Waals surface area contributed by atoms with Gasteiger partial charge in [0, 0.05) is 27.7 Å². The molecule has 0 aliphatic heterocycles. The molecular weight excluding hydrogens is 420 g/mol. The zero-order valence-corrected chi connectivity index (χ0v) is 19.9. The summed E-state index contributed by atoms with van der Waals surface area (Å²) in [5.74, 6) is 1.01. The highest BCUT2D eigenvalue weighted by Crippen LogP contribution is 2.44. The van der Waals surface area contributed by atoms with Gasteiger partial charge in [-0.15, -0.1) is 11.3 Å². The normalized spacial score (nSPS) is 11.6. The van der Waals surface area contributed by atoms with Gasteiger partial charge in [-0.25, -0.2) is 4.98 Å². The zero-order chi connectivity index (χ0) is 22.7. The smallest absolute Gasteiger partial charge is 0.142 e. The Morgan fingerprint density at radius 2 is 1.24 bits per heavy atom. The molecule has 0 saturated heterocycles. The average Bonchev–Trinajstić information content (AvgIpc) is 3.54. The molecule has 0 amide bonds. The number of rotatable bonds is 7. The largest absolute Gasteiger partial charge is 0.312 e. The zero-order valence-electron chi connectivity index (χ0n) is 19.1. The quantitative estimate of drug-likeness (QED) is 0.235. The van der Waals surface area contributed by atoms with E-state index in [0.29, 0.717) is 0 Å². The van der Waals surface area contributed by atoms with Gasteiger partial charge >= 0.3 is 0 Å². The lowest BCUT2D eigenvalue weighted by molar-refractivity contribution is 0.520. The van der Waals surface area contributed by atoms with Crippen molar-refractivity contribution >= 4 is 11.3 Å². The van der Waals surface area contributed by atoms with Gasteiger partial charge in [-0.3, -0.25) is 0 Å². The highest BCUT2D eigenvalue weighted by atomic mass is 32.1. The first-order valence-electron chi connectivity index (χ1n) is 11.6. The summed E-state index contributed by atoms with van der Waals surface area (Å²) in [7, 11) is 0. The van der Waals surface area contributed by atoms with Crippen LogP contribution < -0.4 is 0 Å². The van der Waals surface area contributed by atoms with Crippen LogP contribution in [-0.4, -0.2) is 9.55 Å². The van der Waals surface area contributed by atoms with Gasteiger partial charge in [0.15, 0.2) is 0 Å². The molecule has 33 heavy (non-hydrogen) atoms. The van der Waals surface area contributed by atoms with Crippen LogP contribution in [0.25, 0.3) is 11.4 Å². The van der Waals surface area contributed by atoms with Crippen molar-refractivity contribution in [2.75, 3.05) is 0 Å². The van der Waals surface area contributed by atoms with Crippen LogP contribution in [0.2, 0.25) is 0 Å². The first-order valence-corrected chi connectivity index (χ1v) is 12.4. The van der Waals surface area contributed by atoms with E-state index in [1.807, 2.05) is 17.5 Å². The van der Waals surface area contributed by atoms with E-state index < -0.39 is 5.54 Å². The second-order valence-electron chi connectivity index (χ2n) is 8.19. The van der Waals surface area contributed by atoms with Gasteiger partial charge < -0.3 is 4.57 Å². The van der Waals surface area contributed by atoms with Crippen molar-refractivity contribution in [3.63, 3.8) is 0 Å². The molecule has 2 heterocycles. The van der Waals surface area contributed by atoms with Crippen molar-refractivity contribution in [1.29, 1.82) is 0 Å². The number of hydrogen-bond acceptors (Lipinski definition) is 2. The molecule has 3 heteroatoms.